The number of hydrogen-bond acceptors (Lipinski definition) is 4. The molecule has 1 fully saturated rings. The average Bonchev–Trinajstić information content (AvgIpc) is 2.79. The molecule has 7 heteroatoms. The number of benzene rings is 3. The van der Waals surface area contributed by atoms with Gasteiger partial charge in [0.1, 0.15) is 0 Å². The SMILES string of the molecule is Cc1ccc(S(=O)(=O)N2CCN(CCNC(=O)c3cccc4ccccc34)CC2)cc1. The number of nitrogens with one attached hydrogen (secondary N) is 1. The van der Waals surface area contributed by atoms with Crippen molar-refractivity contribution in [2.45, 2.75) is 11.8 Å². The highest BCUT2D eigenvalue weighted by atomic mass is 32.2. The van der Waals surface area contributed by atoms with E-state index < -0.39 is 10.0 Å². The summed E-state index contributed by atoms with van der Waals surface area (Å²) in [6, 6.07) is 20.6. The minimum atomic E-state index is -3.46. The molecule has 1 aliphatic heterocycles. The Morgan fingerprint density at radius 1 is 0.903 bits per heavy atom. The van der Waals surface area contributed by atoms with E-state index in [0.29, 0.717) is 49.7 Å². The van der Waals surface area contributed by atoms with E-state index in [2.05, 4.69) is 10.2 Å². The molecule has 1 saturated heterocycles. The third kappa shape index (κ3) is 4.79. The van der Waals surface area contributed by atoms with Crippen molar-refractivity contribution in [1.29, 1.82) is 0 Å². The van der Waals surface area contributed by atoms with Gasteiger partial charge in [0, 0.05) is 44.8 Å². The van der Waals surface area contributed by atoms with Crippen molar-refractivity contribution in [3.8, 4) is 0 Å². The van der Waals surface area contributed by atoms with E-state index in [-0.39, 0.29) is 5.91 Å². The lowest BCUT2D eigenvalue weighted by molar-refractivity contribution is 0.0946. The Morgan fingerprint density at radius 3 is 2.32 bits per heavy atom. The van der Waals surface area contributed by atoms with Crippen LogP contribution in [0.25, 0.3) is 10.8 Å². The van der Waals surface area contributed by atoms with Gasteiger partial charge in [0.05, 0.1) is 4.90 Å². The molecule has 162 valence electrons. The smallest absolute Gasteiger partial charge is 0.251 e. The summed E-state index contributed by atoms with van der Waals surface area (Å²) < 4.78 is 27.2. The lowest BCUT2D eigenvalue weighted by atomic mass is 10.0. The number of sulfonamides is 1. The molecular weight excluding hydrogens is 410 g/mol. The predicted octanol–water partition coefficient (Wildman–Crippen LogP) is 2.88. The van der Waals surface area contributed by atoms with Gasteiger partial charge in [0.25, 0.3) is 5.91 Å². The van der Waals surface area contributed by atoms with E-state index in [0.717, 1.165) is 16.3 Å². The Bertz CT molecular complexity index is 1160. The summed E-state index contributed by atoms with van der Waals surface area (Å²) >= 11 is 0. The van der Waals surface area contributed by atoms with Crippen LogP contribution in [0.3, 0.4) is 0 Å². The second-order valence-electron chi connectivity index (χ2n) is 7.84. The zero-order valence-corrected chi connectivity index (χ0v) is 18.4. The fourth-order valence-corrected chi connectivity index (χ4v) is 5.32. The molecule has 0 aromatic heterocycles. The monoisotopic (exact) mass is 437 g/mol. The van der Waals surface area contributed by atoms with E-state index in [9.17, 15) is 13.2 Å². The Labute approximate surface area is 183 Å². The number of fused-ring (bicyclic) bond motifs is 1. The van der Waals surface area contributed by atoms with Crippen molar-refractivity contribution < 1.29 is 13.2 Å². The van der Waals surface area contributed by atoms with E-state index >= 15 is 0 Å². The van der Waals surface area contributed by atoms with Crippen molar-refractivity contribution in [3.63, 3.8) is 0 Å². The number of carbonyl (C=O) groups excluding carboxylic acids is 1. The summed E-state index contributed by atoms with van der Waals surface area (Å²) in [5.41, 5.74) is 1.71. The molecule has 0 bridgehead atoms. The minimum absolute atomic E-state index is 0.0858. The van der Waals surface area contributed by atoms with Gasteiger partial charge in [0.2, 0.25) is 10.0 Å². The maximum Gasteiger partial charge on any atom is 0.251 e. The number of piperazine rings is 1. The zero-order chi connectivity index (χ0) is 21.8. The van der Waals surface area contributed by atoms with Gasteiger partial charge in [-0.15, -0.1) is 0 Å². The van der Waals surface area contributed by atoms with Crippen LogP contribution in [0.1, 0.15) is 15.9 Å². The highest BCUT2D eigenvalue weighted by Gasteiger charge is 2.28. The van der Waals surface area contributed by atoms with Crippen molar-refractivity contribution >= 4 is 26.7 Å². The molecule has 31 heavy (non-hydrogen) atoms. The maximum atomic E-state index is 12.8. The van der Waals surface area contributed by atoms with Gasteiger partial charge >= 0.3 is 0 Å². The molecule has 0 aliphatic carbocycles. The Kier molecular flexibility index (Phi) is 6.36. The average molecular weight is 438 g/mol. The first kappa shape index (κ1) is 21.5. The van der Waals surface area contributed by atoms with Crippen LogP contribution in [0.2, 0.25) is 0 Å². The molecule has 0 spiro atoms. The number of amides is 1. The summed E-state index contributed by atoms with van der Waals surface area (Å²) in [6.07, 6.45) is 0. The number of hydrogen-bond donors (Lipinski definition) is 1. The maximum absolute atomic E-state index is 12.8. The zero-order valence-electron chi connectivity index (χ0n) is 17.6. The quantitative estimate of drug-likeness (QED) is 0.644. The van der Waals surface area contributed by atoms with Gasteiger partial charge in [-0.2, -0.15) is 4.31 Å². The number of carbonyl (C=O) groups is 1. The van der Waals surface area contributed by atoms with Gasteiger partial charge in [0.15, 0.2) is 0 Å². The topological polar surface area (TPSA) is 69.7 Å². The second-order valence-corrected chi connectivity index (χ2v) is 9.78. The minimum Gasteiger partial charge on any atom is -0.351 e. The van der Waals surface area contributed by atoms with Gasteiger partial charge < -0.3 is 5.32 Å². The van der Waals surface area contributed by atoms with Gasteiger partial charge in [-0.05, 0) is 35.9 Å². The summed E-state index contributed by atoms with van der Waals surface area (Å²) in [4.78, 5) is 15.2. The van der Waals surface area contributed by atoms with Gasteiger partial charge in [-0.1, -0.05) is 54.1 Å². The van der Waals surface area contributed by atoms with Crippen molar-refractivity contribution in [2.75, 3.05) is 39.3 Å². The molecule has 1 N–H and O–H groups in total. The fourth-order valence-electron chi connectivity index (χ4n) is 3.90. The molecule has 3 aromatic carbocycles. The molecule has 0 unspecified atom stereocenters. The molecule has 3 aromatic rings. The van der Waals surface area contributed by atoms with Crippen LogP contribution in [0, 0.1) is 6.92 Å². The van der Waals surface area contributed by atoms with Crippen LogP contribution in [-0.2, 0) is 10.0 Å². The first-order chi connectivity index (χ1) is 14.9. The van der Waals surface area contributed by atoms with Crippen LogP contribution in [0.15, 0.2) is 71.6 Å². The molecule has 6 nitrogen and oxygen atoms in total. The van der Waals surface area contributed by atoms with Crippen LogP contribution in [0.5, 0.6) is 0 Å². The van der Waals surface area contributed by atoms with Crippen molar-refractivity contribution in [1.82, 2.24) is 14.5 Å². The van der Waals surface area contributed by atoms with E-state index in [1.807, 2.05) is 61.5 Å². The first-order valence-corrected chi connectivity index (χ1v) is 11.9. The molecule has 0 atom stereocenters. The predicted molar refractivity (Wildman–Crippen MR) is 123 cm³/mol. The fraction of sp³-hybridized carbons (Fsp3) is 0.292. The summed E-state index contributed by atoms with van der Waals surface area (Å²) in [5, 5.41) is 4.98. The Morgan fingerprint density at radius 2 is 1.58 bits per heavy atom. The van der Waals surface area contributed by atoms with E-state index in [1.165, 1.54) is 0 Å². The highest BCUT2D eigenvalue weighted by Crippen LogP contribution is 2.19. The second kappa shape index (κ2) is 9.18. The number of nitrogens with zero attached hydrogens (tertiary/aromatic N) is 2. The van der Waals surface area contributed by atoms with Crippen LogP contribution >= 0.6 is 0 Å². The molecule has 1 amide bonds. The Balaban J connectivity index is 1.29. The van der Waals surface area contributed by atoms with Crippen LogP contribution in [0.4, 0.5) is 0 Å². The number of aryl methyl sites for hydroxylation is 1. The van der Waals surface area contributed by atoms with Crippen LogP contribution < -0.4 is 5.32 Å². The molecule has 4 rings (SSSR count). The molecule has 1 aliphatic rings. The lowest BCUT2D eigenvalue weighted by Crippen LogP contribution is -2.50. The summed E-state index contributed by atoms with van der Waals surface area (Å²) in [6.45, 7) is 5.35. The van der Waals surface area contributed by atoms with Crippen molar-refractivity contribution in [2.24, 2.45) is 0 Å². The molecule has 0 radical (unpaired) electrons. The Hall–Kier alpha value is -2.74. The third-order valence-corrected chi connectivity index (χ3v) is 7.65. The lowest BCUT2D eigenvalue weighted by Gasteiger charge is -2.34. The highest BCUT2D eigenvalue weighted by molar-refractivity contribution is 7.89. The van der Waals surface area contributed by atoms with E-state index in [4.69, 9.17) is 0 Å². The third-order valence-electron chi connectivity index (χ3n) is 5.74. The summed E-state index contributed by atoms with van der Waals surface area (Å²) in [7, 11) is -3.46. The molecule has 0 saturated carbocycles. The largest absolute Gasteiger partial charge is 0.351 e. The normalized spacial score (nSPS) is 15.8. The molecule has 1 heterocycles. The first-order valence-electron chi connectivity index (χ1n) is 10.5. The van der Waals surface area contributed by atoms with Gasteiger partial charge in [-0.25, -0.2) is 8.42 Å². The summed E-state index contributed by atoms with van der Waals surface area (Å²) in [5.74, 6) is -0.0858. The number of rotatable bonds is 6. The molecular formula is C24H27N3O3S. The standard InChI is InChI=1S/C24H27N3O3S/c1-19-9-11-21(12-10-19)31(29,30)27-17-15-26(16-18-27)14-13-25-24(28)23-8-4-6-20-5-2-3-7-22(20)23/h2-12H,13-18H2,1H3,(H,25,28). The van der Waals surface area contributed by atoms with E-state index in [1.54, 1.807) is 16.4 Å². The van der Waals surface area contributed by atoms with Gasteiger partial charge in [-0.3, -0.25) is 9.69 Å². The van der Waals surface area contributed by atoms with Crippen LogP contribution in [-0.4, -0.2) is 62.8 Å². The van der Waals surface area contributed by atoms with Crippen molar-refractivity contribution in [3.05, 3.63) is 77.9 Å².